The topological polar surface area (TPSA) is 62.5 Å². The molecule has 0 bridgehead atoms. The maximum absolute atomic E-state index is 13.1. The van der Waals surface area contributed by atoms with Crippen LogP contribution in [-0.2, 0) is 4.79 Å². The second-order valence-electron chi connectivity index (χ2n) is 7.21. The number of hydrogen-bond donors (Lipinski definition) is 1. The van der Waals surface area contributed by atoms with Crippen molar-refractivity contribution in [3.8, 4) is 0 Å². The highest BCUT2D eigenvalue weighted by Crippen LogP contribution is 2.30. The van der Waals surface area contributed by atoms with E-state index in [4.69, 9.17) is 0 Å². The molecule has 138 valence electrons. The first-order chi connectivity index (χ1) is 12.3. The van der Waals surface area contributed by atoms with Crippen LogP contribution >= 0.6 is 0 Å². The third-order valence-electron chi connectivity index (χ3n) is 5.72. The summed E-state index contributed by atoms with van der Waals surface area (Å²) in [5.74, 6) is -1.37. The molecule has 0 spiro atoms. The lowest BCUT2D eigenvalue weighted by Crippen LogP contribution is -2.37. The van der Waals surface area contributed by atoms with Gasteiger partial charge in [0.2, 0.25) is 0 Å². The lowest BCUT2D eigenvalue weighted by Gasteiger charge is -2.24. The average Bonchev–Trinajstić information content (AvgIpc) is 3.14. The minimum atomic E-state index is -0.823. The second-order valence-corrected chi connectivity index (χ2v) is 7.21. The fourth-order valence-corrected chi connectivity index (χ4v) is 4.18. The van der Waals surface area contributed by atoms with E-state index in [9.17, 15) is 14.7 Å². The summed E-state index contributed by atoms with van der Waals surface area (Å²) in [4.78, 5) is 26.1. The van der Waals surface area contributed by atoms with Gasteiger partial charge in [-0.1, -0.05) is 30.3 Å². The molecule has 1 saturated heterocycles. The van der Waals surface area contributed by atoms with Crippen molar-refractivity contribution in [3.63, 3.8) is 0 Å². The van der Waals surface area contributed by atoms with E-state index in [0.717, 1.165) is 11.4 Å². The van der Waals surface area contributed by atoms with Gasteiger partial charge in [0, 0.05) is 24.0 Å². The van der Waals surface area contributed by atoms with Crippen molar-refractivity contribution in [3.05, 3.63) is 58.9 Å². The van der Waals surface area contributed by atoms with Crippen LogP contribution in [0.2, 0.25) is 0 Å². The van der Waals surface area contributed by atoms with E-state index >= 15 is 0 Å². The fourth-order valence-electron chi connectivity index (χ4n) is 4.18. The van der Waals surface area contributed by atoms with Crippen LogP contribution in [0.1, 0.15) is 53.6 Å². The molecule has 0 aliphatic carbocycles. The number of hydrogen-bond acceptors (Lipinski definition) is 2. The number of likely N-dealkylation sites (tertiary alicyclic amines) is 1. The summed E-state index contributed by atoms with van der Waals surface area (Å²) >= 11 is 0. The van der Waals surface area contributed by atoms with Gasteiger partial charge in [-0.2, -0.15) is 0 Å². The molecule has 3 rings (SSSR count). The van der Waals surface area contributed by atoms with Gasteiger partial charge in [-0.25, -0.2) is 0 Å². The van der Waals surface area contributed by atoms with Crippen LogP contribution in [0.25, 0.3) is 0 Å². The third-order valence-corrected chi connectivity index (χ3v) is 5.72. The summed E-state index contributed by atoms with van der Waals surface area (Å²) in [6.45, 7) is 8.43. The highest BCUT2D eigenvalue weighted by molar-refractivity contribution is 5.96. The molecule has 5 nitrogen and oxygen atoms in total. The van der Waals surface area contributed by atoms with E-state index in [1.165, 1.54) is 5.56 Å². The van der Waals surface area contributed by atoms with Crippen LogP contribution in [0.3, 0.4) is 0 Å². The number of carbonyl (C=O) groups is 2. The van der Waals surface area contributed by atoms with E-state index in [2.05, 4.69) is 23.6 Å². The molecule has 3 atom stereocenters. The number of carboxylic acid groups (broad SMARTS) is 1. The zero-order valence-corrected chi connectivity index (χ0v) is 15.8. The minimum absolute atomic E-state index is 0.0686. The Morgan fingerprint density at radius 3 is 2.42 bits per heavy atom. The Hall–Kier alpha value is -2.56. The molecule has 1 N–H and O–H groups in total. The number of aryl methyl sites for hydroxylation is 1. The zero-order chi connectivity index (χ0) is 19.0. The Bertz CT molecular complexity index is 825. The summed E-state index contributed by atoms with van der Waals surface area (Å²) in [6.07, 6.45) is 0.515. The maximum atomic E-state index is 13.1. The van der Waals surface area contributed by atoms with Crippen molar-refractivity contribution in [1.82, 2.24) is 9.47 Å². The van der Waals surface area contributed by atoms with Gasteiger partial charge in [-0.05, 0) is 45.7 Å². The van der Waals surface area contributed by atoms with Crippen molar-refractivity contribution in [2.24, 2.45) is 5.92 Å². The smallest absolute Gasteiger partial charge is 0.308 e. The summed E-state index contributed by atoms with van der Waals surface area (Å²) in [5.41, 5.74) is 3.82. The van der Waals surface area contributed by atoms with E-state index < -0.39 is 11.9 Å². The maximum Gasteiger partial charge on any atom is 0.308 e. The monoisotopic (exact) mass is 354 g/mol. The second kappa shape index (κ2) is 6.98. The average molecular weight is 354 g/mol. The molecule has 2 heterocycles. The number of rotatable bonds is 4. The Morgan fingerprint density at radius 1 is 1.19 bits per heavy atom. The van der Waals surface area contributed by atoms with Crippen LogP contribution in [-0.4, -0.2) is 39.0 Å². The highest BCUT2D eigenvalue weighted by Gasteiger charge is 2.39. The number of nitrogens with zero attached hydrogens (tertiary/aromatic N) is 2. The van der Waals surface area contributed by atoms with Gasteiger partial charge >= 0.3 is 5.97 Å². The predicted octanol–water partition coefficient (Wildman–Crippen LogP) is 3.65. The van der Waals surface area contributed by atoms with Crippen LogP contribution in [0.5, 0.6) is 0 Å². The molecule has 2 aromatic rings. The quantitative estimate of drug-likeness (QED) is 0.911. The van der Waals surface area contributed by atoms with Gasteiger partial charge in [0.05, 0.1) is 17.5 Å². The lowest BCUT2D eigenvalue weighted by molar-refractivity contribution is -0.142. The van der Waals surface area contributed by atoms with Gasteiger partial charge in [0.15, 0.2) is 0 Å². The number of aliphatic carboxylic acids is 1. The molecule has 1 aliphatic heterocycles. The molecule has 1 amide bonds. The van der Waals surface area contributed by atoms with Gasteiger partial charge in [0.1, 0.15) is 0 Å². The number of carbonyl (C=O) groups excluding carboxylic acids is 1. The van der Waals surface area contributed by atoms with Gasteiger partial charge < -0.3 is 14.6 Å². The summed E-state index contributed by atoms with van der Waals surface area (Å²) < 4.78 is 2.18. The number of benzene rings is 1. The third kappa shape index (κ3) is 3.02. The molecule has 0 saturated carbocycles. The molecule has 3 unspecified atom stereocenters. The Balaban J connectivity index is 1.91. The molecule has 0 radical (unpaired) electrons. The zero-order valence-electron chi connectivity index (χ0n) is 15.8. The molecule has 1 fully saturated rings. The lowest BCUT2D eigenvalue weighted by atomic mass is 10.0. The summed E-state index contributed by atoms with van der Waals surface area (Å²) in [5, 5.41) is 9.31. The van der Waals surface area contributed by atoms with Crippen molar-refractivity contribution >= 4 is 11.9 Å². The molecule has 5 heteroatoms. The van der Waals surface area contributed by atoms with Crippen LogP contribution < -0.4 is 0 Å². The van der Waals surface area contributed by atoms with Crippen LogP contribution in [0.15, 0.2) is 36.4 Å². The van der Waals surface area contributed by atoms with Gasteiger partial charge in [-0.3, -0.25) is 9.59 Å². The SMILES string of the molecule is Cc1cc(C(=O)N2CCC(C(=O)O)C2C)c(C)n1C(C)c1ccccc1. The molecular weight excluding hydrogens is 328 g/mol. The predicted molar refractivity (Wildman–Crippen MR) is 100 cm³/mol. The summed E-state index contributed by atoms with van der Waals surface area (Å²) in [6, 6.07) is 12.0. The Morgan fingerprint density at radius 2 is 1.85 bits per heavy atom. The summed E-state index contributed by atoms with van der Waals surface area (Å²) in [7, 11) is 0. The van der Waals surface area contributed by atoms with E-state index in [1.807, 2.05) is 45.0 Å². The van der Waals surface area contributed by atoms with Crippen molar-refractivity contribution in [2.45, 2.75) is 46.2 Å². The van der Waals surface area contributed by atoms with E-state index in [1.54, 1.807) is 4.90 Å². The highest BCUT2D eigenvalue weighted by atomic mass is 16.4. The van der Waals surface area contributed by atoms with Crippen molar-refractivity contribution in [2.75, 3.05) is 6.54 Å². The standard InChI is InChI=1S/C21H26N2O3/c1-13-12-19(20(24)22-11-10-18(15(22)3)21(25)26)16(4)23(13)14(2)17-8-6-5-7-9-17/h5-9,12,14-15,18H,10-11H2,1-4H3,(H,25,26). The van der Waals surface area contributed by atoms with Crippen LogP contribution in [0, 0.1) is 19.8 Å². The molecule has 1 aromatic carbocycles. The van der Waals surface area contributed by atoms with Crippen molar-refractivity contribution < 1.29 is 14.7 Å². The normalized spacial score (nSPS) is 21.0. The Kier molecular flexibility index (Phi) is 4.90. The molecule has 1 aliphatic rings. The first kappa shape index (κ1) is 18.2. The Labute approximate surface area is 154 Å². The number of amides is 1. The van der Waals surface area contributed by atoms with E-state index in [0.29, 0.717) is 18.5 Å². The van der Waals surface area contributed by atoms with E-state index in [-0.39, 0.29) is 18.0 Å². The largest absolute Gasteiger partial charge is 0.481 e. The first-order valence-electron chi connectivity index (χ1n) is 9.10. The molecule has 1 aromatic heterocycles. The number of aromatic nitrogens is 1. The minimum Gasteiger partial charge on any atom is -0.481 e. The fraction of sp³-hybridized carbons (Fsp3) is 0.429. The molecule has 26 heavy (non-hydrogen) atoms. The van der Waals surface area contributed by atoms with Crippen LogP contribution in [0.4, 0.5) is 0 Å². The first-order valence-corrected chi connectivity index (χ1v) is 9.10. The van der Waals surface area contributed by atoms with Crippen molar-refractivity contribution in [1.29, 1.82) is 0 Å². The van der Waals surface area contributed by atoms with Gasteiger partial charge in [0.25, 0.3) is 5.91 Å². The molecular formula is C21H26N2O3. The number of carboxylic acids is 1. The van der Waals surface area contributed by atoms with Gasteiger partial charge in [-0.15, -0.1) is 0 Å².